The van der Waals surface area contributed by atoms with Crippen LogP contribution >= 0.6 is 35.0 Å². The van der Waals surface area contributed by atoms with E-state index in [4.69, 9.17) is 27.9 Å². The predicted octanol–water partition coefficient (Wildman–Crippen LogP) is 5.22. The highest BCUT2D eigenvalue weighted by Gasteiger charge is 2.15. The van der Waals surface area contributed by atoms with Gasteiger partial charge in [-0.25, -0.2) is 4.39 Å². The Bertz CT molecular complexity index is 1040. The lowest BCUT2D eigenvalue weighted by Gasteiger charge is -2.10. The number of ether oxygens (including phenoxy) is 1. The van der Waals surface area contributed by atoms with Crippen molar-refractivity contribution in [1.82, 2.24) is 14.8 Å². The number of thioether (sulfide) groups is 1. The van der Waals surface area contributed by atoms with Crippen molar-refractivity contribution in [2.24, 2.45) is 0 Å². The van der Waals surface area contributed by atoms with Gasteiger partial charge in [0, 0.05) is 11.6 Å². The van der Waals surface area contributed by atoms with E-state index >= 15 is 0 Å². The lowest BCUT2D eigenvalue weighted by Crippen LogP contribution is -2.15. The Morgan fingerprint density at radius 1 is 1.23 bits per heavy atom. The van der Waals surface area contributed by atoms with E-state index in [1.165, 1.54) is 36.0 Å². The smallest absolute Gasteiger partial charge is 0.234 e. The first-order valence-corrected chi connectivity index (χ1v) is 10.5. The normalized spacial score (nSPS) is 10.6. The largest absolute Gasteiger partial charge is 0.486 e. The molecule has 10 heteroatoms. The molecule has 0 saturated carbocycles. The molecule has 0 aliphatic rings. The van der Waals surface area contributed by atoms with Crippen molar-refractivity contribution in [2.45, 2.75) is 18.3 Å². The summed E-state index contributed by atoms with van der Waals surface area (Å²) in [6.07, 6.45) is 1.70. The molecule has 0 radical (unpaired) electrons. The van der Waals surface area contributed by atoms with E-state index in [-0.39, 0.29) is 24.1 Å². The van der Waals surface area contributed by atoms with Gasteiger partial charge in [-0.1, -0.05) is 41.0 Å². The predicted molar refractivity (Wildman–Crippen MR) is 117 cm³/mol. The van der Waals surface area contributed by atoms with Gasteiger partial charge in [-0.2, -0.15) is 0 Å². The SMILES string of the molecule is C=CCn1c(COc2ccc(F)cc2)nnc1SCC(=O)Nc1cc(Cl)ccc1Cl. The number of nitrogens with zero attached hydrogens (tertiary/aromatic N) is 3. The molecule has 0 bridgehead atoms. The van der Waals surface area contributed by atoms with Crippen molar-refractivity contribution in [3.8, 4) is 5.75 Å². The summed E-state index contributed by atoms with van der Waals surface area (Å²) in [5, 5.41) is 12.4. The molecular weight excluding hydrogens is 450 g/mol. The van der Waals surface area contributed by atoms with Crippen molar-refractivity contribution in [3.63, 3.8) is 0 Å². The van der Waals surface area contributed by atoms with Crippen LogP contribution < -0.4 is 10.1 Å². The number of halogens is 3. The van der Waals surface area contributed by atoms with Gasteiger partial charge >= 0.3 is 0 Å². The van der Waals surface area contributed by atoms with Crippen molar-refractivity contribution in [3.05, 3.63) is 76.8 Å². The minimum absolute atomic E-state index is 0.0942. The van der Waals surface area contributed by atoms with Crippen molar-refractivity contribution >= 4 is 46.6 Å². The monoisotopic (exact) mass is 466 g/mol. The van der Waals surface area contributed by atoms with Gasteiger partial charge in [0.05, 0.1) is 16.5 Å². The summed E-state index contributed by atoms with van der Waals surface area (Å²) in [5.41, 5.74) is 0.440. The molecule has 3 aromatic rings. The molecule has 156 valence electrons. The average Bonchev–Trinajstić information content (AvgIpc) is 3.11. The fourth-order valence-corrected chi connectivity index (χ4v) is 3.54. The summed E-state index contributed by atoms with van der Waals surface area (Å²) in [4.78, 5) is 12.3. The number of benzene rings is 2. The Hall–Kier alpha value is -2.55. The molecule has 0 unspecified atom stereocenters. The van der Waals surface area contributed by atoms with Crippen LogP contribution in [-0.4, -0.2) is 26.4 Å². The third-order valence-corrected chi connectivity index (χ3v) is 5.35. The molecule has 1 N–H and O–H groups in total. The van der Waals surface area contributed by atoms with E-state index in [0.717, 1.165) is 0 Å². The fraction of sp³-hybridized carbons (Fsp3) is 0.150. The average molecular weight is 467 g/mol. The zero-order valence-electron chi connectivity index (χ0n) is 15.6. The molecule has 0 fully saturated rings. The van der Waals surface area contributed by atoms with Gasteiger partial charge in [0.1, 0.15) is 18.2 Å². The zero-order chi connectivity index (χ0) is 21.5. The standard InChI is InChI=1S/C20H17Cl2FN4O2S/c1-2-9-27-18(11-29-15-6-4-14(23)5-7-15)25-26-20(27)30-12-19(28)24-17-10-13(21)3-8-16(17)22/h2-8,10H,1,9,11-12H2,(H,24,28). The molecule has 0 atom stereocenters. The van der Waals surface area contributed by atoms with E-state index in [1.54, 1.807) is 28.8 Å². The maximum absolute atomic E-state index is 13.0. The fourth-order valence-electron chi connectivity index (χ4n) is 2.43. The third-order valence-electron chi connectivity index (χ3n) is 3.82. The molecule has 30 heavy (non-hydrogen) atoms. The van der Waals surface area contributed by atoms with Gasteiger partial charge in [-0.05, 0) is 42.5 Å². The van der Waals surface area contributed by atoms with Gasteiger partial charge in [-0.15, -0.1) is 16.8 Å². The molecule has 0 saturated heterocycles. The van der Waals surface area contributed by atoms with Crippen LogP contribution in [0.1, 0.15) is 5.82 Å². The summed E-state index contributed by atoms with van der Waals surface area (Å²) in [6, 6.07) is 10.5. The second kappa shape index (κ2) is 10.5. The highest BCUT2D eigenvalue weighted by atomic mass is 35.5. The lowest BCUT2D eigenvalue weighted by molar-refractivity contribution is -0.113. The third kappa shape index (κ3) is 5.98. The van der Waals surface area contributed by atoms with Crippen molar-refractivity contribution in [1.29, 1.82) is 0 Å². The molecule has 1 aromatic heterocycles. The first-order valence-electron chi connectivity index (χ1n) is 8.75. The Morgan fingerprint density at radius 2 is 2.00 bits per heavy atom. The molecule has 1 heterocycles. The van der Waals surface area contributed by atoms with Crippen LogP contribution in [-0.2, 0) is 17.9 Å². The zero-order valence-corrected chi connectivity index (χ0v) is 18.0. The maximum Gasteiger partial charge on any atom is 0.234 e. The molecular formula is C20H17Cl2FN4O2S. The van der Waals surface area contributed by atoms with Crippen LogP contribution in [0.25, 0.3) is 0 Å². The second-order valence-corrected chi connectivity index (χ2v) is 7.79. The molecule has 0 aliphatic carbocycles. The number of nitrogens with one attached hydrogen (secondary N) is 1. The summed E-state index contributed by atoms with van der Waals surface area (Å²) in [5.74, 6) is 0.558. The van der Waals surface area contributed by atoms with Gasteiger partial charge in [0.15, 0.2) is 11.0 Å². The number of amides is 1. The van der Waals surface area contributed by atoms with Gasteiger partial charge < -0.3 is 10.1 Å². The van der Waals surface area contributed by atoms with E-state index in [0.29, 0.717) is 39.0 Å². The highest BCUT2D eigenvalue weighted by molar-refractivity contribution is 7.99. The van der Waals surface area contributed by atoms with E-state index in [2.05, 4.69) is 22.1 Å². The number of hydrogen-bond acceptors (Lipinski definition) is 5. The van der Waals surface area contributed by atoms with E-state index in [1.807, 2.05) is 0 Å². The topological polar surface area (TPSA) is 69.0 Å². The number of allylic oxidation sites excluding steroid dienone is 1. The second-order valence-electron chi connectivity index (χ2n) is 6.00. The Morgan fingerprint density at radius 3 is 2.73 bits per heavy atom. The molecule has 1 amide bonds. The Labute approximate surface area is 187 Å². The maximum atomic E-state index is 13.0. The number of hydrogen-bond donors (Lipinski definition) is 1. The van der Waals surface area contributed by atoms with Crippen LogP contribution in [0.3, 0.4) is 0 Å². The number of carbonyl (C=O) groups is 1. The summed E-state index contributed by atoms with van der Waals surface area (Å²) >= 11 is 13.2. The summed E-state index contributed by atoms with van der Waals surface area (Å²) in [7, 11) is 0. The first-order chi connectivity index (χ1) is 14.5. The number of anilines is 1. The van der Waals surface area contributed by atoms with Crippen LogP contribution in [0.15, 0.2) is 60.3 Å². The molecule has 3 rings (SSSR count). The Kier molecular flexibility index (Phi) is 7.73. The number of carbonyl (C=O) groups excluding carboxylic acids is 1. The van der Waals surface area contributed by atoms with Crippen LogP contribution in [0, 0.1) is 5.82 Å². The molecule has 0 aliphatic heterocycles. The van der Waals surface area contributed by atoms with Gasteiger partial charge in [0.2, 0.25) is 5.91 Å². The lowest BCUT2D eigenvalue weighted by atomic mass is 10.3. The minimum atomic E-state index is -0.340. The first kappa shape index (κ1) is 22.1. The van der Waals surface area contributed by atoms with Crippen LogP contribution in [0.5, 0.6) is 5.75 Å². The van der Waals surface area contributed by atoms with Gasteiger partial charge in [0.25, 0.3) is 0 Å². The van der Waals surface area contributed by atoms with Crippen LogP contribution in [0.4, 0.5) is 10.1 Å². The van der Waals surface area contributed by atoms with E-state index in [9.17, 15) is 9.18 Å². The molecule has 6 nitrogen and oxygen atoms in total. The summed E-state index contributed by atoms with van der Waals surface area (Å²) < 4.78 is 20.4. The molecule has 0 spiro atoms. The van der Waals surface area contributed by atoms with Crippen LogP contribution in [0.2, 0.25) is 10.0 Å². The number of aromatic nitrogens is 3. The van der Waals surface area contributed by atoms with Gasteiger partial charge in [-0.3, -0.25) is 9.36 Å². The van der Waals surface area contributed by atoms with Crippen molar-refractivity contribution in [2.75, 3.05) is 11.1 Å². The summed E-state index contributed by atoms with van der Waals surface area (Å²) in [6.45, 7) is 4.32. The van der Waals surface area contributed by atoms with E-state index < -0.39 is 0 Å². The van der Waals surface area contributed by atoms with Crippen molar-refractivity contribution < 1.29 is 13.9 Å². The quantitative estimate of drug-likeness (QED) is 0.345. The Balaban J connectivity index is 1.62. The molecule has 2 aromatic carbocycles. The highest BCUT2D eigenvalue weighted by Crippen LogP contribution is 2.26. The number of rotatable bonds is 9. The minimum Gasteiger partial charge on any atom is -0.486 e.